The maximum atomic E-state index is 12.9. The predicted molar refractivity (Wildman–Crippen MR) is 115 cm³/mol. The van der Waals surface area contributed by atoms with Gasteiger partial charge in [-0.2, -0.15) is 0 Å². The van der Waals surface area contributed by atoms with E-state index in [0.717, 1.165) is 41.1 Å². The van der Waals surface area contributed by atoms with Gasteiger partial charge in [0.05, 0.1) is 29.8 Å². The van der Waals surface area contributed by atoms with Gasteiger partial charge in [0.25, 0.3) is 5.91 Å². The maximum Gasteiger partial charge on any atom is 0.263 e. The Bertz CT molecular complexity index is 1010. The molecule has 29 heavy (non-hydrogen) atoms. The van der Waals surface area contributed by atoms with Gasteiger partial charge in [-0.3, -0.25) is 4.79 Å². The van der Waals surface area contributed by atoms with Crippen molar-refractivity contribution < 1.29 is 9.53 Å². The van der Waals surface area contributed by atoms with Crippen molar-refractivity contribution >= 4 is 22.6 Å². The molecule has 1 amide bonds. The Morgan fingerprint density at radius 2 is 1.90 bits per heavy atom. The van der Waals surface area contributed by atoms with E-state index in [1.807, 2.05) is 49.5 Å². The van der Waals surface area contributed by atoms with Crippen LogP contribution >= 0.6 is 0 Å². The molecule has 1 atom stereocenters. The van der Waals surface area contributed by atoms with E-state index in [1.54, 1.807) is 0 Å². The average molecular weight is 393 g/mol. The minimum absolute atomic E-state index is 0.0526. The highest BCUT2D eigenvalue weighted by Crippen LogP contribution is 2.34. The van der Waals surface area contributed by atoms with Gasteiger partial charge < -0.3 is 19.5 Å². The zero-order valence-corrected chi connectivity index (χ0v) is 17.3. The molecule has 2 aromatic carbocycles. The zero-order valence-electron chi connectivity index (χ0n) is 17.3. The van der Waals surface area contributed by atoms with Gasteiger partial charge >= 0.3 is 0 Å². The van der Waals surface area contributed by atoms with Crippen molar-refractivity contribution in [2.45, 2.75) is 45.4 Å². The maximum absolute atomic E-state index is 12.9. The largest absolute Gasteiger partial charge is 0.477 e. The lowest BCUT2D eigenvalue weighted by molar-refractivity contribution is -0.128. The van der Waals surface area contributed by atoms with Crippen molar-refractivity contribution in [1.82, 2.24) is 14.9 Å². The van der Waals surface area contributed by atoms with Crippen LogP contribution in [-0.4, -0.2) is 34.1 Å². The number of aryl methyl sites for hydroxylation is 1. The number of carbonyl (C=O) groups excluding carboxylic acids is 1. The summed E-state index contributed by atoms with van der Waals surface area (Å²) in [4.78, 5) is 19.9. The first kappa shape index (κ1) is 19.3. The summed E-state index contributed by atoms with van der Waals surface area (Å²) in [6.45, 7) is 5.28. The van der Waals surface area contributed by atoms with Crippen molar-refractivity contribution in [2.24, 2.45) is 7.05 Å². The van der Waals surface area contributed by atoms with Crippen molar-refractivity contribution in [3.8, 4) is 5.75 Å². The van der Waals surface area contributed by atoms with Gasteiger partial charge in [-0.15, -0.1) is 0 Å². The Labute approximate surface area is 171 Å². The molecule has 0 fully saturated rings. The van der Waals surface area contributed by atoms with Crippen molar-refractivity contribution in [2.75, 3.05) is 11.4 Å². The molecule has 0 radical (unpaired) electrons. The standard InChI is InChI=1S/C23H28N4O2/c1-4-16(5-2)24-23(28)21-14-27(19-12-8-9-13-20(19)29-21)15-22-25-17-10-6-7-11-18(17)26(22)3/h6-13,16,21H,4-5,14-15H2,1-3H3,(H,24,28). The van der Waals surface area contributed by atoms with Gasteiger partial charge in [-0.1, -0.05) is 38.1 Å². The molecule has 1 aliphatic heterocycles. The minimum atomic E-state index is -0.541. The molecule has 3 aromatic rings. The Morgan fingerprint density at radius 1 is 1.17 bits per heavy atom. The first-order valence-corrected chi connectivity index (χ1v) is 10.3. The van der Waals surface area contributed by atoms with E-state index in [2.05, 4.69) is 34.7 Å². The number of fused-ring (bicyclic) bond motifs is 2. The molecular formula is C23H28N4O2. The quantitative estimate of drug-likeness (QED) is 0.696. The second-order valence-electron chi connectivity index (χ2n) is 7.55. The molecule has 152 valence electrons. The lowest BCUT2D eigenvalue weighted by atomic mass is 10.1. The predicted octanol–water partition coefficient (Wildman–Crippen LogP) is 3.65. The molecule has 0 saturated carbocycles. The van der Waals surface area contributed by atoms with E-state index < -0.39 is 6.10 Å². The molecule has 4 rings (SSSR count). The molecule has 0 saturated heterocycles. The number of nitrogens with zero attached hydrogens (tertiary/aromatic N) is 3. The van der Waals surface area contributed by atoms with E-state index in [0.29, 0.717) is 13.1 Å². The summed E-state index contributed by atoms with van der Waals surface area (Å²) in [7, 11) is 2.04. The number of hydrogen-bond acceptors (Lipinski definition) is 4. The summed E-state index contributed by atoms with van der Waals surface area (Å²) >= 11 is 0. The molecule has 0 aliphatic carbocycles. The first-order chi connectivity index (χ1) is 14.1. The summed E-state index contributed by atoms with van der Waals surface area (Å²) in [5.74, 6) is 1.65. The molecule has 1 aromatic heterocycles. The molecule has 2 heterocycles. The van der Waals surface area contributed by atoms with Crippen molar-refractivity contribution in [1.29, 1.82) is 0 Å². The lowest BCUT2D eigenvalue weighted by Gasteiger charge is -2.35. The van der Waals surface area contributed by atoms with Crippen LogP contribution in [0.1, 0.15) is 32.5 Å². The van der Waals surface area contributed by atoms with Crippen molar-refractivity contribution in [3.63, 3.8) is 0 Å². The Balaban J connectivity index is 1.61. The van der Waals surface area contributed by atoms with Gasteiger partial charge in [0, 0.05) is 13.1 Å². The van der Waals surface area contributed by atoms with Crippen LogP contribution in [0.4, 0.5) is 5.69 Å². The number of rotatable bonds is 6. The highest BCUT2D eigenvalue weighted by Gasteiger charge is 2.32. The average Bonchev–Trinajstić information content (AvgIpc) is 3.07. The van der Waals surface area contributed by atoms with Crippen LogP contribution in [0.25, 0.3) is 11.0 Å². The molecule has 0 bridgehead atoms. The number of para-hydroxylation sites is 4. The number of imidazole rings is 1. The minimum Gasteiger partial charge on any atom is -0.477 e. The Morgan fingerprint density at radius 3 is 2.66 bits per heavy atom. The first-order valence-electron chi connectivity index (χ1n) is 10.3. The van der Waals surface area contributed by atoms with Crippen LogP contribution < -0.4 is 15.0 Å². The van der Waals surface area contributed by atoms with Gasteiger partial charge in [-0.25, -0.2) is 4.98 Å². The topological polar surface area (TPSA) is 59.4 Å². The number of nitrogens with one attached hydrogen (secondary N) is 1. The number of amides is 1. The summed E-state index contributed by atoms with van der Waals surface area (Å²) in [5.41, 5.74) is 3.08. The van der Waals surface area contributed by atoms with Gasteiger partial charge in [0.2, 0.25) is 0 Å². The van der Waals surface area contributed by atoms with E-state index in [9.17, 15) is 4.79 Å². The Hall–Kier alpha value is -3.02. The smallest absolute Gasteiger partial charge is 0.263 e. The SMILES string of the molecule is CCC(CC)NC(=O)C1CN(Cc2nc3ccccc3n2C)c2ccccc2O1. The van der Waals surface area contributed by atoms with Crippen LogP contribution in [0.2, 0.25) is 0 Å². The fourth-order valence-electron chi connectivity index (χ4n) is 3.89. The number of aromatic nitrogens is 2. The molecule has 1 N–H and O–H groups in total. The molecule has 6 heteroatoms. The van der Waals surface area contributed by atoms with Crippen LogP contribution in [0.5, 0.6) is 5.75 Å². The fourth-order valence-corrected chi connectivity index (χ4v) is 3.89. The van der Waals surface area contributed by atoms with E-state index in [1.165, 1.54) is 0 Å². The van der Waals surface area contributed by atoms with E-state index >= 15 is 0 Å². The number of benzene rings is 2. The normalized spacial score (nSPS) is 16.0. The monoisotopic (exact) mass is 392 g/mol. The molecule has 1 unspecified atom stereocenters. The summed E-state index contributed by atoms with van der Waals surface area (Å²) in [6, 6.07) is 16.2. The van der Waals surface area contributed by atoms with Crippen LogP contribution in [0.15, 0.2) is 48.5 Å². The number of carbonyl (C=O) groups is 1. The van der Waals surface area contributed by atoms with Crippen LogP contribution in [-0.2, 0) is 18.4 Å². The summed E-state index contributed by atoms with van der Waals surface area (Å²) in [5, 5.41) is 3.12. The van der Waals surface area contributed by atoms with Gasteiger partial charge in [0.1, 0.15) is 11.6 Å². The number of hydrogen-bond donors (Lipinski definition) is 1. The second-order valence-corrected chi connectivity index (χ2v) is 7.55. The molecule has 0 spiro atoms. The molecule has 1 aliphatic rings. The fraction of sp³-hybridized carbons (Fsp3) is 0.391. The van der Waals surface area contributed by atoms with Gasteiger partial charge in [-0.05, 0) is 37.1 Å². The number of anilines is 1. The lowest BCUT2D eigenvalue weighted by Crippen LogP contribution is -2.51. The third-order valence-electron chi connectivity index (χ3n) is 5.70. The zero-order chi connectivity index (χ0) is 20.4. The Kier molecular flexibility index (Phi) is 5.43. The van der Waals surface area contributed by atoms with E-state index in [-0.39, 0.29) is 11.9 Å². The highest BCUT2D eigenvalue weighted by atomic mass is 16.5. The summed E-state index contributed by atoms with van der Waals surface area (Å²) < 4.78 is 8.18. The van der Waals surface area contributed by atoms with E-state index in [4.69, 9.17) is 9.72 Å². The van der Waals surface area contributed by atoms with Gasteiger partial charge in [0.15, 0.2) is 6.10 Å². The second kappa shape index (κ2) is 8.15. The third kappa shape index (κ3) is 3.79. The highest BCUT2D eigenvalue weighted by molar-refractivity contribution is 5.83. The van der Waals surface area contributed by atoms with Crippen molar-refractivity contribution in [3.05, 3.63) is 54.4 Å². The third-order valence-corrected chi connectivity index (χ3v) is 5.70. The van der Waals surface area contributed by atoms with Crippen LogP contribution in [0, 0.1) is 0 Å². The number of ether oxygens (including phenoxy) is 1. The molecular weight excluding hydrogens is 364 g/mol. The summed E-state index contributed by atoms with van der Waals surface area (Å²) in [6.07, 6.45) is 1.28. The van der Waals surface area contributed by atoms with Crippen LogP contribution in [0.3, 0.4) is 0 Å². The molecule has 6 nitrogen and oxygen atoms in total.